The molecule has 0 aliphatic carbocycles. The minimum absolute atomic E-state index is 0.209. The first-order valence-electron chi connectivity index (χ1n) is 5.73. The summed E-state index contributed by atoms with van der Waals surface area (Å²) in [5.74, 6) is 0.883. The number of ether oxygens (including phenoxy) is 1. The number of rotatable bonds is 4. The van der Waals surface area contributed by atoms with Crippen LogP contribution in [0.2, 0.25) is 0 Å². The van der Waals surface area contributed by atoms with E-state index < -0.39 is 0 Å². The molecule has 0 bridgehead atoms. The highest BCUT2D eigenvalue weighted by Gasteiger charge is 2.18. The molecule has 1 atom stereocenters. The first-order valence-corrected chi connectivity index (χ1v) is 7.31. The number of nitrogens with two attached hydrogens (primary N) is 1. The van der Waals surface area contributed by atoms with Crippen LogP contribution in [0.1, 0.15) is 25.8 Å². The summed E-state index contributed by atoms with van der Waals surface area (Å²) in [5.41, 5.74) is 7.24. The summed E-state index contributed by atoms with van der Waals surface area (Å²) in [4.78, 5) is 4.32. The third-order valence-corrected chi connectivity index (χ3v) is 3.66. The van der Waals surface area contributed by atoms with E-state index >= 15 is 0 Å². The summed E-state index contributed by atoms with van der Waals surface area (Å²) in [5, 5.41) is 3.91. The van der Waals surface area contributed by atoms with Crippen LogP contribution in [0.15, 0.2) is 25.6 Å². The van der Waals surface area contributed by atoms with Gasteiger partial charge in [0.05, 0.1) is 11.3 Å². The Balaban J connectivity index is 2.38. The molecule has 0 spiro atoms. The molecule has 1 aromatic carbocycles. The summed E-state index contributed by atoms with van der Waals surface area (Å²) < 4.78 is 12.3. The van der Waals surface area contributed by atoms with Crippen molar-refractivity contribution in [3.05, 3.63) is 26.9 Å². The molecule has 1 unspecified atom stereocenters. The molecular weight excluding hydrogens is 378 g/mol. The Hall–Kier alpha value is -0.920. The van der Waals surface area contributed by atoms with Gasteiger partial charge in [-0.1, -0.05) is 21.1 Å². The number of aromatic nitrogens is 2. The summed E-state index contributed by atoms with van der Waals surface area (Å²) in [6.45, 7) is 4.38. The molecule has 2 aromatic rings. The van der Waals surface area contributed by atoms with Gasteiger partial charge in [0.25, 0.3) is 5.89 Å². The first-order chi connectivity index (χ1) is 9.02. The van der Waals surface area contributed by atoms with Crippen LogP contribution in [-0.4, -0.2) is 16.7 Å². The van der Waals surface area contributed by atoms with Gasteiger partial charge in [-0.2, -0.15) is 4.98 Å². The lowest BCUT2D eigenvalue weighted by Gasteiger charge is -2.05. The largest absolute Gasteiger partial charge is 0.397 e. The first kappa shape index (κ1) is 14.5. The molecule has 0 aliphatic heterocycles. The molecule has 2 rings (SSSR count). The van der Waals surface area contributed by atoms with E-state index in [4.69, 9.17) is 15.0 Å². The van der Waals surface area contributed by atoms with Gasteiger partial charge in [0.1, 0.15) is 6.10 Å². The minimum Gasteiger partial charge on any atom is -0.397 e. The van der Waals surface area contributed by atoms with Crippen molar-refractivity contribution in [3.8, 4) is 11.5 Å². The van der Waals surface area contributed by atoms with Crippen LogP contribution in [0.5, 0.6) is 0 Å². The van der Waals surface area contributed by atoms with Crippen molar-refractivity contribution in [2.45, 2.75) is 20.0 Å². The fraction of sp³-hybridized carbons (Fsp3) is 0.333. The van der Waals surface area contributed by atoms with Crippen LogP contribution in [-0.2, 0) is 4.74 Å². The molecule has 0 saturated heterocycles. The molecule has 0 aliphatic rings. The Morgan fingerprint density at radius 2 is 2.16 bits per heavy atom. The molecule has 2 N–H and O–H groups in total. The highest BCUT2D eigenvalue weighted by Crippen LogP contribution is 2.34. The van der Waals surface area contributed by atoms with Crippen molar-refractivity contribution >= 4 is 37.5 Å². The van der Waals surface area contributed by atoms with E-state index in [0.29, 0.717) is 29.6 Å². The van der Waals surface area contributed by atoms with Gasteiger partial charge in [-0.3, -0.25) is 0 Å². The molecule has 102 valence electrons. The Labute approximate surface area is 127 Å². The zero-order chi connectivity index (χ0) is 14.0. The van der Waals surface area contributed by atoms with Crippen molar-refractivity contribution in [3.63, 3.8) is 0 Å². The van der Waals surface area contributed by atoms with Crippen LogP contribution in [0.25, 0.3) is 11.5 Å². The summed E-state index contributed by atoms with van der Waals surface area (Å²) in [7, 11) is 0. The van der Waals surface area contributed by atoms with Crippen LogP contribution in [0.4, 0.5) is 5.69 Å². The number of anilines is 1. The number of benzene rings is 1. The van der Waals surface area contributed by atoms with Gasteiger partial charge in [-0.15, -0.1) is 0 Å². The van der Waals surface area contributed by atoms with Crippen molar-refractivity contribution in [1.82, 2.24) is 10.1 Å². The van der Waals surface area contributed by atoms with Gasteiger partial charge in [0.2, 0.25) is 5.82 Å². The van der Waals surface area contributed by atoms with Crippen LogP contribution >= 0.6 is 31.9 Å². The summed E-state index contributed by atoms with van der Waals surface area (Å²) in [6.07, 6.45) is -0.209. The Morgan fingerprint density at radius 3 is 2.84 bits per heavy atom. The zero-order valence-corrected chi connectivity index (χ0v) is 13.7. The average Bonchev–Trinajstić information content (AvgIpc) is 2.83. The SMILES string of the molecule is CCOC(C)c1noc(-c2cc(Br)cc(Br)c2N)n1. The predicted octanol–water partition coefficient (Wildman–Crippen LogP) is 3.94. The molecule has 1 heterocycles. The molecule has 0 saturated carbocycles. The molecular formula is C12H13Br2N3O2. The maximum absolute atomic E-state index is 6.00. The Morgan fingerprint density at radius 1 is 1.42 bits per heavy atom. The smallest absolute Gasteiger partial charge is 0.260 e. The number of nitrogens with zero attached hydrogens (tertiary/aromatic N) is 2. The second-order valence-corrected chi connectivity index (χ2v) is 5.67. The highest BCUT2D eigenvalue weighted by molar-refractivity contribution is 9.11. The van der Waals surface area contributed by atoms with Crippen LogP contribution < -0.4 is 5.73 Å². The molecule has 5 nitrogen and oxygen atoms in total. The van der Waals surface area contributed by atoms with Gasteiger partial charge in [-0.25, -0.2) is 0 Å². The van der Waals surface area contributed by atoms with E-state index in [-0.39, 0.29) is 6.10 Å². The van der Waals surface area contributed by atoms with Crippen molar-refractivity contribution in [2.75, 3.05) is 12.3 Å². The molecule has 7 heteroatoms. The summed E-state index contributed by atoms with van der Waals surface area (Å²) in [6, 6.07) is 3.70. The van der Waals surface area contributed by atoms with Crippen LogP contribution in [0, 0.1) is 0 Å². The van der Waals surface area contributed by atoms with Gasteiger partial charge in [0.15, 0.2) is 0 Å². The number of halogens is 2. The quantitative estimate of drug-likeness (QED) is 0.800. The van der Waals surface area contributed by atoms with Gasteiger partial charge in [-0.05, 0) is 41.9 Å². The van der Waals surface area contributed by atoms with Gasteiger partial charge >= 0.3 is 0 Å². The third-order valence-electron chi connectivity index (χ3n) is 2.55. The average molecular weight is 391 g/mol. The number of nitrogen functional groups attached to an aromatic ring is 1. The predicted molar refractivity (Wildman–Crippen MR) is 79.6 cm³/mol. The van der Waals surface area contributed by atoms with Crippen molar-refractivity contribution in [2.24, 2.45) is 0 Å². The van der Waals surface area contributed by atoms with E-state index in [2.05, 4.69) is 42.0 Å². The number of hydrogen-bond donors (Lipinski definition) is 1. The zero-order valence-electron chi connectivity index (χ0n) is 10.5. The van der Waals surface area contributed by atoms with Gasteiger partial charge < -0.3 is 15.0 Å². The topological polar surface area (TPSA) is 74.2 Å². The Kier molecular flexibility index (Phi) is 4.59. The third kappa shape index (κ3) is 3.16. The minimum atomic E-state index is -0.209. The van der Waals surface area contributed by atoms with Crippen molar-refractivity contribution < 1.29 is 9.26 Å². The molecule has 0 radical (unpaired) electrons. The maximum Gasteiger partial charge on any atom is 0.260 e. The second-order valence-electron chi connectivity index (χ2n) is 3.90. The lowest BCUT2D eigenvalue weighted by Crippen LogP contribution is -2.01. The standard InChI is InChI=1S/C12H13Br2N3O2/c1-3-18-6(2)11-16-12(19-17-11)8-4-7(13)5-9(14)10(8)15/h4-6H,3,15H2,1-2H3. The maximum atomic E-state index is 6.00. The van der Waals surface area contributed by atoms with Gasteiger partial charge in [0, 0.05) is 15.6 Å². The van der Waals surface area contributed by atoms with E-state index in [1.165, 1.54) is 0 Å². The fourth-order valence-electron chi connectivity index (χ4n) is 1.60. The monoisotopic (exact) mass is 389 g/mol. The Bertz CT molecular complexity index is 586. The number of hydrogen-bond acceptors (Lipinski definition) is 5. The highest BCUT2D eigenvalue weighted by atomic mass is 79.9. The van der Waals surface area contributed by atoms with E-state index in [0.717, 1.165) is 8.95 Å². The molecule has 19 heavy (non-hydrogen) atoms. The molecule has 0 amide bonds. The van der Waals surface area contributed by atoms with Crippen molar-refractivity contribution in [1.29, 1.82) is 0 Å². The summed E-state index contributed by atoms with van der Waals surface area (Å²) >= 11 is 6.79. The lowest BCUT2D eigenvalue weighted by molar-refractivity contribution is 0.0683. The molecule has 1 aromatic heterocycles. The van der Waals surface area contributed by atoms with E-state index in [9.17, 15) is 0 Å². The normalized spacial score (nSPS) is 12.6. The van der Waals surface area contributed by atoms with E-state index in [1.807, 2.05) is 26.0 Å². The van der Waals surface area contributed by atoms with E-state index in [1.54, 1.807) is 0 Å². The van der Waals surface area contributed by atoms with Crippen LogP contribution in [0.3, 0.4) is 0 Å². The fourth-order valence-corrected chi connectivity index (χ4v) is 2.82. The molecule has 0 fully saturated rings. The second kappa shape index (κ2) is 6.02. The lowest BCUT2D eigenvalue weighted by atomic mass is 10.2.